The third-order valence-electron chi connectivity index (χ3n) is 3.20. The fraction of sp³-hybridized carbons (Fsp3) is 0.538. The standard InChI is InChI=1S/C13H19N5O2S/c1-5-6-17-9(2)15-16-12(17)21-8-7-18-10(19)13(3,4)14-11(18)20/h5H,1,6-8H2,2-4H3,(H,14,20). The van der Waals surface area contributed by atoms with E-state index in [-0.39, 0.29) is 11.9 Å². The van der Waals surface area contributed by atoms with Gasteiger partial charge >= 0.3 is 6.03 Å². The molecule has 114 valence electrons. The third kappa shape index (κ3) is 3.10. The summed E-state index contributed by atoms with van der Waals surface area (Å²) in [5.74, 6) is 1.19. The molecule has 0 aromatic carbocycles. The van der Waals surface area contributed by atoms with E-state index in [0.29, 0.717) is 18.8 Å². The highest BCUT2D eigenvalue weighted by Crippen LogP contribution is 2.20. The molecule has 1 aromatic heterocycles. The lowest BCUT2D eigenvalue weighted by Crippen LogP contribution is -2.40. The summed E-state index contributed by atoms with van der Waals surface area (Å²) in [6.07, 6.45) is 1.78. The van der Waals surface area contributed by atoms with E-state index in [1.165, 1.54) is 16.7 Å². The zero-order chi connectivity index (χ0) is 15.6. The highest BCUT2D eigenvalue weighted by molar-refractivity contribution is 7.99. The van der Waals surface area contributed by atoms with Crippen molar-refractivity contribution >= 4 is 23.7 Å². The van der Waals surface area contributed by atoms with Crippen LogP contribution in [0.25, 0.3) is 0 Å². The van der Waals surface area contributed by atoms with Crippen molar-refractivity contribution < 1.29 is 9.59 Å². The highest BCUT2D eigenvalue weighted by Gasteiger charge is 2.43. The molecule has 0 unspecified atom stereocenters. The molecule has 0 bridgehead atoms. The summed E-state index contributed by atoms with van der Waals surface area (Å²) >= 11 is 1.47. The van der Waals surface area contributed by atoms with E-state index in [9.17, 15) is 9.59 Å². The van der Waals surface area contributed by atoms with E-state index >= 15 is 0 Å². The van der Waals surface area contributed by atoms with Gasteiger partial charge in [-0.05, 0) is 20.8 Å². The van der Waals surface area contributed by atoms with Gasteiger partial charge in [0.1, 0.15) is 11.4 Å². The maximum absolute atomic E-state index is 12.0. The largest absolute Gasteiger partial charge is 0.325 e. The average molecular weight is 309 g/mol. The van der Waals surface area contributed by atoms with Crippen LogP contribution in [0, 0.1) is 6.92 Å². The normalized spacial score (nSPS) is 17.2. The lowest BCUT2D eigenvalue weighted by Gasteiger charge is -2.15. The molecule has 0 saturated carbocycles. The number of allylic oxidation sites excluding steroid dienone is 1. The number of urea groups is 1. The first kappa shape index (κ1) is 15.6. The van der Waals surface area contributed by atoms with E-state index in [2.05, 4.69) is 22.1 Å². The number of imide groups is 1. The van der Waals surface area contributed by atoms with Crippen LogP contribution in [0.3, 0.4) is 0 Å². The van der Waals surface area contributed by atoms with Gasteiger partial charge in [0.25, 0.3) is 5.91 Å². The van der Waals surface area contributed by atoms with Crippen LogP contribution in [-0.4, -0.2) is 49.4 Å². The number of rotatable bonds is 6. The summed E-state index contributed by atoms with van der Waals surface area (Å²) in [6, 6.07) is -0.339. The van der Waals surface area contributed by atoms with Crippen molar-refractivity contribution in [3.63, 3.8) is 0 Å². The van der Waals surface area contributed by atoms with E-state index in [1.807, 2.05) is 11.5 Å². The van der Waals surface area contributed by atoms with Gasteiger partial charge < -0.3 is 9.88 Å². The van der Waals surface area contributed by atoms with Gasteiger partial charge in [0.2, 0.25) is 0 Å². The van der Waals surface area contributed by atoms with Crippen LogP contribution in [0.2, 0.25) is 0 Å². The topological polar surface area (TPSA) is 80.1 Å². The molecule has 2 rings (SSSR count). The van der Waals surface area contributed by atoms with Crippen molar-refractivity contribution in [3.05, 3.63) is 18.5 Å². The maximum Gasteiger partial charge on any atom is 0.325 e. The SMILES string of the molecule is C=CCn1c(C)nnc1SCCN1C(=O)NC(C)(C)C1=O. The number of aromatic nitrogens is 3. The molecule has 0 aliphatic carbocycles. The lowest BCUT2D eigenvalue weighted by molar-refractivity contribution is -0.130. The van der Waals surface area contributed by atoms with Crippen LogP contribution in [-0.2, 0) is 11.3 Å². The van der Waals surface area contributed by atoms with Crippen LogP contribution >= 0.6 is 11.8 Å². The molecule has 2 heterocycles. The van der Waals surface area contributed by atoms with Crippen molar-refractivity contribution in [3.8, 4) is 0 Å². The minimum Gasteiger partial charge on any atom is -0.324 e. The second kappa shape index (κ2) is 5.88. The molecule has 0 radical (unpaired) electrons. The van der Waals surface area contributed by atoms with Crippen molar-refractivity contribution in [1.82, 2.24) is 25.0 Å². The lowest BCUT2D eigenvalue weighted by atomic mass is 10.1. The predicted molar refractivity (Wildman–Crippen MR) is 80.0 cm³/mol. The first-order valence-corrected chi connectivity index (χ1v) is 7.63. The number of thioether (sulfide) groups is 1. The van der Waals surface area contributed by atoms with Crippen LogP contribution in [0.4, 0.5) is 4.79 Å². The second-order valence-corrected chi connectivity index (χ2v) is 6.35. The Morgan fingerprint density at radius 3 is 2.67 bits per heavy atom. The van der Waals surface area contributed by atoms with Gasteiger partial charge in [0.05, 0.1) is 0 Å². The molecule has 7 nitrogen and oxygen atoms in total. The predicted octanol–water partition coefficient (Wildman–Crippen LogP) is 1.20. The van der Waals surface area contributed by atoms with E-state index < -0.39 is 5.54 Å². The van der Waals surface area contributed by atoms with Crippen LogP contribution in [0.5, 0.6) is 0 Å². The monoisotopic (exact) mass is 309 g/mol. The second-order valence-electron chi connectivity index (χ2n) is 5.29. The molecule has 1 fully saturated rings. The molecule has 8 heteroatoms. The Balaban J connectivity index is 1.95. The van der Waals surface area contributed by atoms with Crippen LogP contribution in [0.1, 0.15) is 19.7 Å². The fourth-order valence-corrected chi connectivity index (χ4v) is 2.97. The van der Waals surface area contributed by atoms with Gasteiger partial charge in [-0.15, -0.1) is 16.8 Å². The number of nitrogens with one attached hydrogen (secondary N) is 1. The first-order chi connectivity index (χ1) is 9.86. The molecular formula is C13H19N5O2S. The zero-order valence-corrected chi connectivity index (χ0v) is 13.2. The summed E-state index contributed by atoms with van der Waals surface area (Å²) in [5.41, 5.74) is -0.818. The van der Waals surface area contributed by atoms with E-state index in [1.54, 1.807) is 19.9 Å². The van der Waals surface area contributed by atoms with Crippen molar-refractivity contribution in [1.29, 1.82) is 0 Å². The Bertz CT molecular complexity index is 581. The number of carbonyl (C=O) groups excluding carboxylic acids is 2. The van der Waals surface area contributed by atoms with Gasteiger partial charge in [0, 0.05) is 18.8 Å². The minimum absolute atomic E-state index is 0.197. The zero-order valence-electron chi connectivity index (χ0n) is 12.4. The summed E-state index contributed by atoms with van der Waals surface area (Å²) in [5, 5.41) is 11.5. The molecule has 1 saturated heterocycles. The van der Waals surface area contributed by atoms with Gasteiger partial charge in [-0.25, -0.2) is 4.79 Å². The number of hydrogen-bond donors (Lipinski definition) is 1. The van der Waals surface area contributed by atoms with Gasteiger partial charge in [-0.2, -0.15) is 0 Å². The molecule has 1 aliphatic rings. The van der Waals surface area contributed by atoms with Crippen molar-refractivity contribution in [2.45, 2.75) is 38.0 Å². The number of carbonyl (C=O) groups is 2. The molecule has 0 atom stereocenters. The van der Waals surface area contributed by atoms with Crippen molar-refractivity contribution in [2.24, 2.45) is 0 Å². The van der Waals surface area contributed by atoms with Gasteiger partial charge in [-0.1, -0.05) is 17.8 Å². The van der Waals surface area contributed by atoms with Crippen molar-refractivity contribution in [2.75, 3.05) is 12.3 Å². The summed E-state index contributed by atoms with van der Waals surface area (Å²) in [6.45, 7) is 9.96. The summed E-state index contributed by atoms with van der Waals surface area (Å²) in [7, 11) is 0. The first-order valence-electron chi connectivity index (χ1n) is 6.64. The Kier molecular flexibility index (Phi) is 4.36. The maximum atomic E-state index is 12.0. The average Bonchev–Trinajstić information content (AvgIpc) is 2.84. The van der Waals surface area contributed by atoms with Crippen LogP contribution in [0.15, 0.2) is 17.8 Å². The smallest absolute Gasteiger partial charge is 0.324 e. The highest BCUT2D eigenvalue weighted by atomic mass is 32.2. The third-order valence-corrected chi connectivity index (χ3v) is 4.15. The fourth-order valence-electron chi connectivity index (χ4n) is 2.06. The number of aryl methyl sites for hydroxylation is 1. The number of hydrogen-bond acceptors (Lipinski definition) is 5. The molecule has 21 heavy (non-hydrogen) atoms. The quantitative estimate of drug-likeness (QED) is 0.485. The minimum atomic E-state index is -0.818. The molecule has 1 aromatic rings. The summed E-state index contributed by atoms with van der Waals surface area (Å²) < 4.78 is 1.94. The van der Waals surface area contributed by atoms with Crippen LogP contribution < -0.4 is 5.32 Å². The molecule has 1 aliphatic heterocycles. The summed E-state index contributed by atoms with van der Waals surface area (Å²) in [4.78, 5) is 25.0. The molecule has 1 N–H and O–H groups in total. The van der Waals surface area contributed by atoms with Gasteiger partial charge in [-0.3, -0.25) is 9.69 Å². The number of nitrogens with zero attached hydrogens (tertiary/aromatic N) is 4. The van der Waals surface area contributed by atoms with Gasteiger partial charge in [0.15, 0.2) is 5.16 Å². The van der Waals surface area contributed by atoms with E-state index in [0.717, 1.165) is 11.0 Å². The number of amides is 3. The molecule has 0 spiro atoms. The Morgan fingerprint density at radius 2 is 2.10 bits per heavy atom. The Morgan fingerprint density at radius 1 is 1.38 bits per heavy atom. The molecule has 3 amide bonds. The Labute approximate surface area is 127 Å². The Hall–Kier alpha value is -1.83. The molecular weight excluding hydrogens is 290 g/mol. The van der Waals surface area contributed by atoms with E-state index in [4.69, 9.17) is 0 Å².